The van der Waals surface area contributed by atoms with Crippen molar-refractivity contribution in [3.8, 4) is 17.6 Å². The van der Waals surface area contributed by atoms with Crippen molar-refractivity contribution in [2.75, 3.05) is 20.8 Å². The Hall–Kier alpha value is -1.73. The van der Waals surface area contributed by atoms with Crippen molar-refractivity contribution in [3.05, 3.63) is 23.8 Å². The summed E-state index contributed by atoms with van der Waals surface area (Å²) in [6.07, 6.45) is 0.854. The van der Waals surface area contributed by atoms with Gasteiger partial charge in [-0.1, -0.05) is 6.07 Å². The molecule has 0 saturated carbocycles. The van der Waals surface area contributed by atoms with Crippen LogP contribution in [0.25, 0.3) is 0 Å². The number of methoxy groups -OCH3 is 2. The second kappa shape index (κ2) is 6.77. The third kappa shape index (κ3) is 3.97. The lowest BCUT2D eigenvalue weighted by molar-refractivity contribution is 0.354. The van der Waals surface area contributed by atoms with Gasteiger partial charge in [0, 0.05) is 6.54 Å². The Balaban J connectivity index is 2.58. The molecule has 1 rings (SSSR count). The molecule has 4 nitrogen and oxygen atoms in total. The number of nitriles is 1. The monoisotopic (exact) mass is 234 g/mol. The predicted molar refractivity (Wildman–Crippen MR) is 66.3 cm³/mol. The quantitative estimate of drug-likeness (QED) is 0.814. The second-order valence-corrected chi connectivity index (χ2v) is 3.74. The average Bonchev–Trinajstić information content (AvgIpc) is 2.38. The molecule has 1 atom stereocenters. The van der Waals surface area contributed by atoms with Gasteiger partial charge in [-0.3, -0.25) is 0 Å². The van der Waals surface area contributed by atoms with E-state index in [-0.39, 0.29) is 6.04 Å². The molecule has 0 heterocycles. The zero-order valence-corrected chi connectivity index (χ0v) is 10.5. The van der Waals surface area contributed by atoms with E-state index in [1.165, 1.54) is 0 Å². The number of nitrogens with one attached hydrogen (secondary N) is 1. The van der Waals surface area contributed by atoms with Crippen LogP contribution in [-0.2, 0) is 6.42 Å². The largest absolute Gasteiger partial charge is 0.493 e. The molecule has 1 unspecified atom stereocenters. The average molecular weight is 234 g/mol. The maximum atomic E-state index is 8.63. The lowest BCUT2D eigenvalue weighted by atomic mass is 10.1. The molecular formula is C13H18N2O2. The Morgan fingerprint density at radius 2 is 2.00 bits per heavy atom. The smallest absolute Gasteiger partial charge is 0.160 e. The summed E-state index contributed by atoms with van der Waals surface area (Å²) in [4.78, 5) is 0. The van der Waals surface area contributed by atoms with Crippen LogP contribution < -0.4 is 14.8 Å². The summed E-state index contributed by atoms with van der Waals surface area (Å²) in [6.45, 7) is 2.61. The van der Waals surface area contributed by atoms with Crippen LogP contribution in [0.4, 0.5) is 0 Å². The lowest BCUT2D eigenvalue weighted by Crippen LogP contribution is -2.26. The summed E-state index contributed by atoms with van der Waals surface area (Å²) in [6, 6.07) is 7.87. The standard InChI is InChI=1S/C13H18N2O2/c1-10(9-14)15-7-6-11-4-5-12(16-2)13(8-11)17-3/h4-5,8,10,15H,6-7H2,1-3H3. The summed E-state index contributed by atoms with van der Waals surface area (Å²) in [7, 11) is 3.24. The summed E-state index contributed by atoms with van der Waals surface area (Å²) in [5.74, 6) is 1.47. The highest BCUT2D eigenvalue weighted by molar-refractivity contribution is 5.42. The van der Waals surface area contributed by atoms with Gasteiger partial charge in [0.25, 0.3) is 0 Å². The number of benzene rings is 1. The van der Waals surface area contributed by atoms with E-state index in [9.17, 15) is 0 Å². The molecule has 0 bridgehead atoms. The first-order chi connectivity index (χ1) is 8.21. The fraction of sp³-hybridized carbons (Fsp3) is 0.462. The SMILES string of the molecule is COc1ccc(CCNC(C)C#N)cc1OC. The summed E-state index contributed by atoms with van der Waals surface area (Å²) in [5.41, 5.74) is 1.15. The minimum Gasteiger partial charge on any atom is -0.493 e. The van der Waals surface area contributed by atoms with Gasteiger partial charge in [0.05, 0.1) is 26.3 Å². The Kier molecular flexibility index (Phi) is 5.31. The van der Waals surface area contributed by atoms with Crippen LogP contribution in [0.15, 0.2) is 18.2 Å². The van der Waals surface area contributed by atoms with Gasteiger partial charge in [-0.25, -0.2) is 0 Å². The van der Waals surface area contributed by atoms with E-state index in [2.05, 4.69) is 11.4 Å². The van der Waals surface area contributed by atoms with Gasteiger partial charge in [0.15, 0.2) is 11.5 Å². The summed E-state index contributed by atoms with van der Waals surface area (Å²) in [5, 5.41) is 11.7. The molecule has 0 aliphatic carbocycles. The van der Waals surface area contributed by atoms with Crippen molar-refractivity contribution in [2.45, 2.75) is 19.4 Å². The van der Waals surface area contributed by atoms with Crippen LogP contribution in [0.3, 0.4) is 0 Å². The van der Waals surface area contributed by atoms with Crippen LogP contribution in [0.1, 0.15) is 12.5 Å². The highest BCUT2D eigenvalue weighted by Gasteiger charge is 2.04. The van der Waals surface area contributed by atoms with Crippen molar-refractivity contribution in [3.63, 3.8) is 0 Å². The molecule has 0 spiro atoms. The second-order valence-electron chi connectivity index (χ2n) is 3.74. The van der Waals surface area contributed by atoms with Crippen molar-refractivity contribution in [2.24, 2.45) is 0 Å². The van der Waals surface area contributed by atoms with E-state index in [1.807, 2.05) is 25.1 Å². The zero-order valence-electron chi connectivity index (χ0n) is 10.5. The molecule has 0 amide bonds. The Morgan fingerprint density at radius 3 is 2.59 bits per heavy atom. The van der Waals surface area contributed by atoms with E-state index < -0.39 is 0 Å². The molecule has 1 aromatic carbocycles. The van der Waals surface area contributed by atoms with Gasteiger partial charge in [0.2, 0.25) is 0 Å². The number of nitrogens with zero attached hydrogens (tertiary/aromatic N) is 1. The highest BCUT2D eigenvalue weighted by atomic mass is 16.5. The third-order valence-electron chi connectivity index (χ3n) is 2.51. The highest BCUT2D eigenvalue weighted by Crippen LogP contribution is 2.27. The fourth-order valence-electron chi connectivity index (χ4n) is 1.51. The minimum atomic E-state index is -0.116. The molecule has 0 aliphatic rings. The van der Waals surface area contributed by atoms with Crippen LogP contribution in [0, 0.1) is 11.3 Å². The van der Waals surface area contributed by atoms with Gasteiger partial charge < -0.3 is 14.8 Å². The Bertz CT molecular complexity index is 399. The maximum Gasteiger partial charge on any atom is 0.160 e. The summed E-state index contributed by atoms with van der Waals surface area (Å²) >= 11 is 0. The third-order valence-corrected chi connectivity index (χ3v) is 2.51. The predicted octanol–water partition coefficient (Wildman–Crippen LogP) is 1.75. The van der Waals surface area contributed by atoms with Crippen molar-refractivity contribution >= 4 is 0 Å². The summed E-state index contributed by atoms with van der Waals surface area (Å²) < 4.78 is 10.4. The van der Waals surface area contributed by atoms with Crippen molar-refractivity contribution in [1.82, 2.24) is 5.32 Å². The number of hydrogen-bond donors (Lipinski definition) is 1. The molecule has 17 heavy (non-hydrogen) atoms. The zero-order chi connectivity index (χ0) is 12.7. The number of rotatable bonds is 6. The molecule has 0 aromatic heterocycles. The van der Waals surface area contributed by atoms with Crippen LogP contribution in [-0.4, -0.2) is 26.8 Å². The minimum absolute atomic E-state index is 0.116. The normalized spacial score (nSPS) is 11.6. The topological polar surface area (TPSA) is 54.3 Å². The van der Waals surface area contributed by atoms with E-state index >= 15 is 0 Å². The van der Waals surface area contributed by atoms with Gasteiger partial charge in [-0.05, 0) is 31.0 Å². The number of ether oxygens (including phenoxy) is 2. The van der Waals surface area contributed by atoms with Gasteiger partial charge in [0.1, 0.15) is 0 Å². The van der Waals surface area contributed by atoms with Crippen molar-refractivity contribution < 1.29 is 9.47 Å². The first-order valence-corrected chi connectivity index (χ1v) is 5.55. The number of hydrogen-bond acceptors (Lipinski definition) is 4. The van der Waals surface area contributed by atoms with E-state index in [0.717, 1.165) is 30.0 Å². The lowest BCUT2D eigenvalue weighted by Gasteiger charge is -2.10. The molecule has 0 saturated heterocycles. The maximum absolute atomic E-state index is 8.63. The first kappa shape index (κ1) is 13.3. The van der Waals surface area contributed by atoms with E-state index in [4.69, 9.17) is 14.7 Å². The van der Waals surface area contributed by atoms with Crippen molar-refractivity contribution in [1.29, 1.82) is 5.26 Å². The van der Waals surface area contributed by atoms with Crippen LogP contribution >= 0.6 is 0 Å². The van der Waals surface area contributed by atoms with Gasteiger partial charge in [-0.15, -0.1) is 0 Å². The van der Waals surface area contributed by atoms with Gasteiger partial charge >= 0.3 is 0 Å². The molecule has 1 N–H and O–H groups in total. The molecule has 0 aliphatic heterocycles. The van der Waals surface area contributed by atoms with Crippen LogP contribution in [0.5, 0.6) is 11.5 Å². The molecule has 4 heteroatoms. The molecule has 92 valence electrons. The molecular weight excluding hydrogens is 216 g/mol. The molecule has 1 aromatic rings. The van der Waals surface area contributed by atoms with Gasteiger partial charge in [-0.2, -0.15) is 5.26 Å². The van der Waals surface area contributed by atoms with Crippen LogP contribution in [0.2, 0.25) is 0 Å². The van der Waals surface area contributed by atoms with E-state index in [0.29, 0.717) is 0 Å². The Morgan fingerprint density at radius 1 is 1.29 bits per heavy atom. The Labute approximate surface area is 102 Å². The molecule has 0 radical (unpaired) electrons. The fourth-order valence-corrected chi connectivity index (χ4v) is 1.51. The van der Waals surface area contributed by atoms with E-state index in [1.54, 1.807) is 14.2 Å². The molecule has 0 fully saturated rings. The first-order valence-electron chi connectivity index (χ1n) is 5.55.